The van der Waals surface area contributed by atoms with Crippen molar-refractivity contribution in [1.29, 1.82) is 10.7 Å². The summed E-state index contributed by atoms with van der Waals surface area (Å²) in [5, 5.41) is 37.7. The number of carbonyl (C=O) groups excluding carboxylic acids is 2. The van der Waals surface area contributed by atoms with Gasteiger partial charge in [-0.2, -0.15) is 18.4 Å². The molecule has 5 N–H and O–H groups in total. The molecule has 0 radical (unpaired) electrons. The molecule has 0 aromatic heterocycles. The summed E-state index contributed by atoms with van der Waals surface area (Å²) in [5.41, 5.74) is 5.64. The summed E-state index contributed by atoms with van der Waals surface area (Å²) in [4.78, 5) is 28.1. The molecule has 1 aliphatic heterocycles. The largest absolute Gasteiger partial charge is 0.466 e. The molecule has 230 valence electrons. The zero-order valence-corrected chi connectivity index (χ0v) is 24.0. The second kappa shape index (κ2) is 13.2. The van der Waals surface area contributed by atoms with Crippen LogP contribution in [-0.2, 0) is 22.1 Å². The van der Waals surface area contributed by atoms with Crippen LogP contribution >= 0.6 is 0 Å². The van der Waals surface area contributed by atoms with Crippen molar-refractivity contribution in [2.24, 2.45) is 5.73 Å². The van der Waals surface area contributed by atoms with Crippen LogP contribution in [0.3, 0.4) is 0 Å². The number of amides is 2. The number of hydrogen-bond donors (Lipinski definition) is 4. The first-order chi connectivity index (χ1) is 20.2. The number of benzene rings is 2. The third-order valence-corrected chi connectivity index (χ3v) is 7.54. The van der Waals surface area contributed by atoms with E-state index in [0.717, 1.165) is 35.1 Å². The minimum atomic E-state index is -4.70. The minimum absolute atomic E-state index is 0.0372. The molecule has 0 saturated heterocycles. The number of nitrogens with one attached hydrogen (secondary N) is 1. The van der Waals surface area contributed by atoms with Gasteiger partial charge >= 0.3 is 18.2 Å². The number of ether oxygens (including phenoxy) is 1. The molecule has 0 saturated carbocycles. The van der Waals surface area contributed by atoms with E-state index in [0.29, 0.717) is 30.8 Å². The Morgan fingerprint density at radius 2 is 1.79 bits per heavy atom. The van der Waals surface area contributed by atoms with E-state index in [2.05, 4.69) is 6.07 Å². The number of aliphatic hydroxyl groups is 2. The number of likely N-dealkylation sites (N-methyl/N-ethyl adjacent to an activating group) is 1. The molecule has 3 rings (SSSR count). The van der Waals surface area contributed by atoms with E-state index in [4.69, 9.17) is 15.9 Å². The second-order valence-corrected chi connectivity index (χ2v) is 10.3. The first kappa shape index (κ1) is 33.1. The number of carbonyl (C=O) groups is 2. The Balaban J connectivity index is 2.28. The van der Waals surface area contributed by atoms with Crippen molar-refractivity contribution in [2.45, 2.75) is 25.6 Å². The molecule has 43 heavy (non-hydrogen) atoms. The first-order valence-electron chi connectivity index (χ1n) is 13.2. The fourth-order valence-corrected chi connectivity index (χ4v) is 5.24. The Morgan fingerprint density at radius 3 is 2.33 bits per heavy atom. The molecule has 1 atom stereocenters. The van der Waals surface area contributed by atoms with Gasteiger partial charge in [0.05, 0.1) is 56.7 Å². The number of guanidine groups is 1. The first-order valence-corrected chi connectivity index (χ1v) is 13.2. The summed E-state index contributed by atoms with van der Waals surface area (Å²) in [7, 11) is 2.94. The molecular formula is C29H34F3N6O5+. The summed E-state index contributed by atoms with van der Waals surface area (Å²) < 4.78 is 45.9. The van der Waals surface area contributed by atoms with Gasteiger partial charge in [0.1, 0.15) is 19.1 Å². The number of alkyl halides is 3. The third-order valence-electron chi connectivity index (χ3n) is 7.54. The number of nitrogens with two attached hydrogens (primary N) is 1. The lowest BCUT2D eigenvalue weighted by atomic mass is 9.87. The number of urea groups is 1. The normalized spacial score (nSPS) is 15.9. The predicted octanol–water partition coefficient (Wildman–Crippen LogP) is 2.87. The van der Waals surface area contributed by atoms with Crippen molar-refractivity contribution in [3.05, 3.63) is 76.0 Å². The number of quaternary nitrogens is 1. The van der Waals surface area contributed by atoms with Crippen LogP contribution in [0, 0.1) is 16.7 Å². The van der Waals surface area contributed by atoms with Crippen LogP contribution in [0.1, 0.15) is 35.2 Å². The monoisotopic (exact) mass is 603 g/mol. The van der Waals surface area contributed by atoms with Crippen LogP contribution < -0.4 is 10.6 Å². The second-order valence-electron chi connectivity index (χ2n) is 10.3. The van der Waals surface area contributed by atoms with Gasteiger partial charge < -0.3 is 25.2 Å². The van der Waals surface area contributed by atoms with Gasteiger partial charge in [-0.05, 0) is 48.4 Å². The van der Waals surface area contributed by atoms with E-state index >= 15 is 0 Å². The van der Waals surface area contributed by atoms with E-state index in [1.807, 2.05) is 7.05 Å². The van der Waals surface area contributed by atoms with Crippen molar-refractivity contribution in [3.63, 3.8) is 0 Å². The van der Waals surface area contributed by atoms with Crippen LogP contribution in [-0.4, -0.2) is 84.6 Å². The number of anilines is 1. The molecule has 0 bridgehead atoms. The van der Waals surface area contributed by atoms with Crippen LogP contribution in [0.4, 0.5) is 23.7 Å². The SMILES string of the molecule is COC(=O)C1=C(C)N(c2cccc(C(F)(F)F)c2)C(=N)N(C(N)=O)[C@@H]1c1ccc(C#N)cc1CC[N+](C)(CCO)CCO. The Bertz CT molecular complexity index is 1460. The Hall–Kier alpha value is -4.45. The lowest BCUT2D eigenvalue weighted by Gasteiger charge is -2.43. The highest BCUT2D eigenvalue weighted by atomic mass is 19.4. The van der Waals surface area contributed by atoms with E-state index in [-0.39, 0.29) is 46.6 Å². The van der Waals surface area contributed by atoms with E-state index < -0.39 is 35.7 Å². The molecular weight excluding hydrogens is 569 g/mol. The molecule has 0 unspecified atom stereocenters. The van der Waals surface area contributed by atoms with Crippen LogP contribution in [0.5, 0.6) is 0 Å². The fraction of sp³-hybridized carbons (Fsp3) is 0.379. The maximum absolute atomic E-state index is 13.5. The van der Waals surface area contributed by atoms with E-state index in [9.17, 15) is 38.2 Å². The van der Waals surface area contributed by atoms with Gasteiger partial charge in [0.25, 0.3) is 0 Å². The lowest BCUT2D eigenvalue weighted by molar-refractivity contribution is -0.909. The van der Waals surface area contributed by atoms with Crippen molar-refractivity contribution < 1.29 is 42.2 Å². The smallest absolute Gasteiger partial charge is 0.416 e. The number of halogens is 3. The number of allylic oxidation sites excluding steroid dienone is 1. The Kier molecular flexibility index (Phi) is 10.2. The number of methoxy groups -OCH3 is 1. The summed E-state index contributed by atoms with van der Waals surface area (Å²) in [5.74, 6) is -1.51. The topological polar surface area (TPSA) is 164 Å². The number of primary amides is 1. The molecule has 0 aliphatic carbocycles. The van der Waals surface area contributed by atoms with Crippen molar-refractivity contribution >= 4 is 23.6 Å². The molecule has 0 fully saturated rings. The molecule has 11 nitrogen and oxygen atoms in total. The van der Waals surface area contributed by atoms with Crippen LogP contribution in [0.25, 0.3) is 0 Å². The maximum Gasteiger partial charge on any atom is 0.416 e. The third kappa shape index (κ3) is 6.96. The fourth-order valence-electron chi connectivity index (χ4n) is 5.24. The van der Waals surface area contributed by atoms with Crippen molar-refractivity contribution in [2.75, 3.05) is 51.9 Å². The van der Waals surface area contributed by atoms with E-state index in [1.54, 1.807) is 6.07 Å². The minimum Gasteiger partial charge on any atom is -0.466 e. The van der Waals surface area contributed by atoms with Crippen molar-refractivity contribution in [1.82, 2.24) is 4.90 Å². The number of aliphatic hydroxyl groups excluding tert-OH is 2. The lowest BCUT2D eigenvalue weighted by Crippen LogP contribution is -2.55. The molecule has 2 amide bonds. The predicted molar refractivity (Wildman–Crippen MR) is 150 cm³/mol. The summed E-state index contributed by atoms with van der Waals surface area (Å²) in [6, 6.07) is 8.24. The van der Waals surface area contributed by atoms with E-state index in [1.165, 1.54) is 25.1 Å². The number of esters is 1. The zero-order chi connectivity index (χ0) is 32.1. The van der Waals surface area contributed by atoms with Gasteiger partial charge in [-0.1, -0.05) is 12.1 Å². The average molecular weight is 604 g/mol. The van der Waals surface area contributed by atoms with Crippen molar-refractivity contribution in [3.8, 4) is 6.07 Å². The molecule has 0 spiro atoms. The molecule has 14 heteroatoms. The molecule has 1 aliphatic rings. The highest BCUT2D eigenvalue weighted by Gasteiger charge is 2.44. The highest BCUT2D eigenvalue weighted by molar-refractivity contribution is 6.10. The van der Waals surface area contributed by atoms with Gasteiger partial charge in [0.15, 0.2) is 0 Å². The summed E-state index contributed by atoms with van der Waals surface area (Å²) in [6.45, 7) is 2.18. The highest BCUT2D eigenvalue weighted by Crippen LogP contribution is 2.42. The quantitative estimate of drug-likeness (QED) is 0.240. The molecule has 1 heterocycles. The summed E-state index contributed by atoms with van der Waals surface area (Å²) >= 11 is 0. The van der Waals surface area contributed by atoms with Crippen LogP contribution in [0.15, 0.2) is 53.7 Å². The van der Waals surface area contributed by atoms with Crippen LogP contribution in [0.2, 0.25) is 0 Å². The van der Waals surface area contributed by atoms with Gasteiger partial charge in [-0.25, -0.2) is 9.59 Å². The van der Waals surface area contributed by atoms with Gasteiger partial charge in [-0.3, -0.25) is 15.2 Å². The standard InChI is InChI=1S/C29H33F3N6O5/c1-18-24(26(41)43-3)25(23-8-7-19(17-33)15-20(23)9-10-38(2,11-13-39)12-14-40)37(28(35)42)27(34)36(18)22-6-4-5-21(16-22)29(30,31)32/h4-8,15-16,25,34,39-40H,9-14H2,1-3H3,(H-,35,42)/p+1/t25-/m1/s1. The van der Waals surface area contributed by atoms with Gasteiger partial charge in [-0.15, -0.1) is 0 Å². The number of nitriles is 1. The average Bonchev–Trinajstić information content (AvgIpc) is 2.95. The Labute approximate surface area is 246 Å². The van der Waals surface area contributed by atoms with Gasteiger partial charge in [0.2, 0.25) is 5.96 Å². The maximum atomic E-state index is 13.5. The number of hydrogen-bond acceptors (Lipinski definition) is 7. The van der Waals surface area contributed by atoms with Gasteiger partial charge in [0, 0.05) is 17.8 Å². The molecule has 2 aromatic carbocycles. The summed E-state index contributed by atoms with van der Waals surface area (Å²) in [6.07, 6.45) is -4.43. The number of nitrogens with zero attached hydrogens (tertiary/aromatic N) is 4. The molecule has 2 aromatic rings. The Morgan fingerprint density at radius 1 is 1.14 bits per heavy atom. The zero-order valence-electron chi connectivity index (χ0n) is 24.0. The number of rotatable bonds is 10.